The van der Waals surface area contributed by atoms with Gasteiger partial charge in [0.2, 0.25) is 5.91 Å². The zero-order valence-corrected chi connectivity index (χ0v) is 10.8. The summed E-state index contributed by atoms with van der Waals surface area (Å²) in [6, 6.07) is 9.11. The van der Waals surface area contributed by atoms with Crippen molar-refractivity contribution in [2.24, 2.45) is 0 Å². The molecule has 3 nitrogen and oxygen atoms in total. The van der Waals surface area contributed by atoms with Gasteiger partial charge in [-0.25, -0.2) is 0 Å². The maximum atomic E-state index is 11.6. The molecule has 0 aliphatic rings. The highest BCUT2D eigenvalue weighted by Gasteiger charge is 2.17. The van der Waals surface area contributed by atoms with Crippen molar-refractivity contribution in [3.63, 3.8) is 0 Å². The van der Waals surface area contributed by atoms with Crippen molar-refractivity contribution < 1.29 is 9.90 Å². The molecule has 16 heavy (non-hydrogen) atoms. The number of aliphatic hydroxyl groups excluding tert-OH is 1. The smallest absolute Gasteiger partial charge is 0.234 e. The van der Waals surface area contributed by atoms with Gasteiger partial charge in [0.25, 0.3) is 0 Å². The molecular weight excluding hydrogens is 270 g/mol. The van der Waals surface area contributed by atoms with Gasteiger partial charge in [-0.15, -0.1) is 0 Å². The number of halogens is 1. The lowest BCUT2D eigenvalue weighted by molar-refractivity contribution is -0.121. The van der Waals surface area contributed by atoms with Gasteiger partial charge in [0.15, 0.2) is 0 Å². The molecule has 0 aliphatic heterocycles. The van der Waals surface area contributed by atoms with Gasteiger partial charge in [-0.3, -0.25) is 4.79 Å². The van der Waals surface area contributed by atoms with Gasteiger partial charge in [0.1, 0.15) is 0 Å². The van der Waals surface area contributed by atoms with Gasteiger partial charge >= 0.3 is 0 Å². The number of benzene rings is 1. The Morgan fingerprint density at radius 3 is 2.56 bits per heavy atom. The van der Waals surface area contributed by atoms with Gasteiger partial charge < -0.3 is 10.4 Å². The van der Waals surface area contributed by atoms with E-state index in [2.05, 4.69) is 21.2 Å². The number of carbonyl (C=O) groups excluding carboxylic acids is 1. The zero-order valence-electron chi connectivity index (χ0n) is 9.19. The van der Waals surface area contributed by atoms with E-state index in [1.165, 1.54) is 0 Å². The normalized spacial score (nSPS) is 14.2. The van der Waals surface area contributed by atoms with Crippen LogP contribution in [0.1, 0.15) is 24.9 Å². The zero-order chi connectivity index (χ0) is 12.0. The van der Waals surface area contributed by atoms with Crippen LogP contribution < -0.4 is 5.32 Å². The molecule has 1 aromatic carbocycles. The molecule has 0 aliphatic carbocycles. The van der Waals surface area contributed by atoms with Crippen LogP contribution in [-0.4, -0.2) is 22.4 Å². The van der Waals surface area contributed by atoms with E-state index in [0.717, 1.165) is 12.0 Å². The van der Waals surface area contributed by atoms with Gasteiger partial charge in [0.05, 0.1) is 17.5 Å². The third-order valence-corrected chi connectivity index (χ3v) is 3.41. The molecular formula is C12H16BrNO2. The Kier molecular flexibility index (Phi) is 5.49. The molecule has 0 saturated heterocycles. The molecule has 0 bridgehead atoms. The average Bonchev–Trinajstić information content (AvgIpc) is 2.35. The molecule has 2 unspecified atom stereocenters. The Bertz CT molecular complexity index is 329. The monoisotopic (exact) mass is 285 g/mol. The number of hydrogen-bond donors (Lipinski definition) is 2. The van der Waals surface area contributed by atoms with Crippen LogP contribution in [0.25, 0.3) is 0 Å². The standard InChI is InChI=1S/C12H16BrNO2/c1-2-10(13)12(16)14-11(8-15)9-6-4-3-5-7-9/h3-7,10-11,15H,2,8H2,1H3,(H,14,16). The van der Waals surface area contributed by atoms with Crippen LogP contribution in [0.5, 0.6) is 0 Å². The van der Waals surface area contributed by atoms with E-state index in [0.29, 0.717) is 0 Å². The second kappa shape index (κ2) is 6.66. The van der Waals surface area contributed by atoms with Crippen LogP contribution in [0.15, 0.2) is 30.3 Å². The highest BCUT2D eigenvalue weighted by atomic mass is 79.9. The van der Waals surface area contributed by atoms with E-state index in [1.807, 2.05) is 37.3 Å². The number of carbonyl (C=O) groups is 1. The van der Waals surface area contributed by atoms with Gasteiger partial charge in [-0.05, 0) is 12.0 Å². The minimum Gasteiger partial charge on any atom is -0.394 e. The number of aliphatic hydroxyl groups is 1. The van der Waals surface area contributed by atoms with Crippen molar-refractivity contribution >= 4 is 21.8 Å². The van der Waals surface area contributed by atoms with E-state index >= 15 is 0 Å². The van der Waals surface area contributed by atoms with Crippen molar-refractivity contribution in [1.82, 2.24) is 5.32 Å². The second-order valence-electron chi connectivity index (χ2n) is 3.53. The van der Waals surface area contributed by atoms with Crippen molar-refractivity contribution in [3.05, 3.63) is 35.9 Å². The van der Waals surface area contributed by atoms with Crippen molar-refractivity contribution in [2.45, 2.75) is 24.2 Å². The molecule has 2 N–H and O–H groups in total. The predicted molar refractivity (Wildman–Crippen MR) is 67.4 cm³/mol. The van der Waals surface area contributed by atoms with Crippen LogP contribution in [0.3, 0.4) is 0 Å². The fourth-order valence-electron chi connectivity index (χ4n) is 1.37. The summed E-state index contributed by atoms with van der Waals surface area (Å²) in [6.07, 6.45) is 0.721. The number of hydrogen-bond acceptors (Lipinski definition) is 2. The minimum absolute atomic E-state index is 0.0922. The first-order valence-corrected chi connectivity index (χ1v) is 6.20. The number of rotatable bonds is 5. The summed E-state index contributed by atoms with van der Waals surface area (Å²) in [5, 5.41) is 12.1. The molecule has 88 valence electrons. The summed E-state index contributed by atoms with van der Waals surface area (Å²) in [4.78, 5) is 11.4. The predicted octanol–water partition coefficient (Wildman–Crippen LogP) is 2.01. The Hall–Kier alpha value is -0.870. The second-order valence-corrected chi connectivity index (χ2v) is 4.64. The van der Waals surface area contributed by atoms with E-state index in [9.17, 15) is 9.90 Å². The minimum atomic E-state index is -0.333. The van der Waals surface area contributed by atoms with Crippen molar-refractivity contribution in [2.75, 3.05) is 6.61 Å². The number of nitrogens with one attached hydrogen (secondary N) is 1. The Labute approximate surface area is 104 Å². The van der Waals surface area contributed by atoms with Crippen LogP contribution in [0.2, 0.25) is 0 Å². The summed E-state index contributed by atoms with van der Waals surface area (Å²) in [6.45, 7) is 1.83. The molecule has 0 spiro atoms. The van der Waals surface area contributed by atoms with Crippen molar-refractivity contribution in [3.8, 4) is 0 Å². The molecule has 2 atom stereocenters. The van der Waals surface area contributed by atoms with Crippen LogP contribution in [0.4, 0.5) is 0 Å². The van der Waals surface area contributed by atoms with Gasteiger partial charge in [0, 0.05) is 0 Å². The van der Waals surface area contributed by atoms with E-state index in [4.69, 9.17) is 0 Å². The first kappa shape index (κ1) is 13.2. The third-order valence-electron chi connectivity index (χ3n) is 2.34. The summed E-state index contributed by atoms with van der Waals surface area (Å²) in [7, 11) is 0. The Morgan fingerprint density at radius 2 is 2.06 bits per heavy atom. The SMILES string of the molecule is CCC(Br)C(=O)NC(CO)c1ccccc1. The van der Waals surface area contributed by atoms with E-state index < -0.39 is 0 Å². The lowest BCUT2D eigenvalue weighted by Crippen LogP contribution is -2.35. The maximum absolute atomic E-state index is 11.6. The largest absolute Gasteiger partial charge is 0.394 e. The number of amides is 1. The first-order chi connectivity index (χ1) is 7.69. The Balaban J connectivity index is 2.66. The van der Waals surface area contributed by atoms with Crippen molar-refractivity contribution in [1.29, 1.82) is 0 Å². The molecule has 1 amide bonds. The topological polar surface area (TPSA) is 49.3 Å². The first-order valence-electron chi connectivity index (χ1n) is 5.29. The molecule has 0 fully saturated rings. The highest BCUT2D eigenvalue weighted by molar-refractivity contribution is 9.10. The molecule has 1 aromatic rings. The lowest BCUT2D eigenvalue weighted by Gasteiger charge is -2.18. The molecule has 0 heterocycles. The van der Waals surface area contributed by atoms with Crippen LogP contribution in [0, 0.1) is 0 Å². The maximum Gasteiger partial charge on any atom is 0.234 e. The fourth-order valence-corrected chi connectivity index (χ4v) is 1.50. The lowest BCUT2D eigenvalue weighted by atomic mass is 10.1. The Morgan fingerprint density at radius 1 is 1.44 bits per heavy atom. The van der Waals surface area contributed by atoms with Gasteiger partial charge in [-0.2, -0.15) is 0 Å². The average molecular weight is 286 g/mol. The summed E-state index contributed by atoms with van der Waals surface area (Å²) in [5.74, 6) is -0.0922. The molecule has 1 rings (SSSR count). The molecule has 0 radical (unpaired) electrons. The van der Waals surface area contributed by atoms with Crippen LogP contribution >= 0.6 is 15.9 Å². The highest BCUT2D eigenvalue weighted by Crippen LogP contribution is 2.13. The quantitative estimate of drug-likeness (QED) is 0.813. The fraction of sp³-hybridized carbons (Fsp3) is 0.417. The van der Waals surface area contributed by atoms with E-state index in [1.54, 1.807) is 0 Å². The third kappa shape index (κ3) is 3.61. The number of alkyl halides is 1. The van der Waals surface area contributed by atoms with E-state index in [-0.39, 0.29) is 23.4 Å². The molecule has 4 heteroatoms. The van der Waals surface area contributed by atoms with Gasteiger partial charge in [-0.1, -0.05) is 53.2 Å². The summed E-state index contributed by atoms with van der Waals surface area (Å²) >= 11 is 3.28. The summed E-state index contributed by atoms with van der Waals surface area (Å²) < 4.78 is 0. The van der Waals surface area contributed by atoms with Crippen LogP contribution in [-0.2, 0) is 4.79 Å². The molecule has 0 saturated carbocycles. The summed E-state index contributed by atoms with van der Waals surface area (Å²) in [5.41, 5.74) is 0.911. The molecule has 0 aromatic heterocycles.